The lowest BCUT2D eigenvalue weighted by Gasteiger charge is -2.37. The minimum Gasteiger partial charge on any atom is -0.461 e. The van der Waals surface area contributed by atoms with Crippen LogP contribution in [0.5, 0.6) is 0 Å². The van der Waals surface area contributed by atoms with Crippen LogP contribution in [0.3, 0.4) is 0 Å². The van der Waals surface area contributed by atoms with E-state index in [1.165, 1.54) is 6.92 Å². The standard InChI is InChI=1S/C27H50O6Si2/c1-20(16-24(32-21(2)29)19-31-35(11,12)27(6,7)8)15-23-17-22(25(33-23)13-14-28)18-30-34(9,10)26(3,4)5/h15,17,24,28H,13-14,16,18-19H2,1-12H3/b20-15+. The van der Waals surface area contributed by atoms with Crippen LogP contribution >= 0.6 is 0 Å². The van der Waals surface area contributed by atoms with Crippen molar-refractivity contribution in [3.8, 4) is 0 Å². The fourth-order valence-electron chi connectivity index (χ4n) is 3.02. The molecule has 1 atom stereocenters. The number of esters is 1. The molecule has 0 aliphatic heterocycles. The first kappa shape index (κ1) is 31.8. The van der Waals surface area contributed by atoms with E-state index in [0.29, 0.717) is 31.8 Å². The van der Waals surface area contributed by atoms with Crippen LogP contribution < -0.4 is 0 Å². The molecule has 1 heterocycles. The fraction of sp³-hybridized carbons (Fsp3) is 0.741. The zero-order chi connectivity index (χ0) is 27.2. The number of aliphatic hydroxyl groups excluding tert-OH is 1. The molecule has 0 bridgehead atoms. The number of carbonyl (C=O) groups is 1. The first-order valence-corrected chi connectivity index (χ1v) is 18.5. The van der Waals surface area contributed by atoms with Gasteiger partial charge in [-0.1, -0.05) is 47.1 Å². The van der Waals surface area contributed by atoms with Gasteiger partial charge in [-0.15, -0.1) is 0 Å². The van der Waals surface area contributed by atoms with E-state index in [9.17, 15) is 9.90 Å². The normalized spacial score (nSPS) is 14.8. The third kappa shape index (κ3) is 10.00. The topological polar surface area (TPSA) is 78.1 Å². The Labute approximate surface area is 215 Å². The Morgan fingerprint density at radius 3 is 2.06 bits per heavy atom. The van der Waals surface area contributed by atoms with Crippen LogP contribution in [-0.2, 0) is 31.4 Å². The lowest BCUT2D eigenvalue weighted by atomic mass is 10.1. The molecule has 1 rings (SSSR count). The molecule has 6 nitrogen and oxygen atoms in total. The zero-order valence-electron chi connectivity index (χ0n) is 24.3. The molecule has 0 spiro atoms. The molecule has 0 aromatic carbocycles. The van der Waals surface area contributed by atoms with Gasteiger partial charge in [-0.05, 0) is 55.3 Å². The van der Waals surface area contributed by atoms with Crippen molar-refractivity contribution in [2.45, 2.75) is 117 Å². The summed E-state index contributed by atoms with van der Waals surface area (Å²) >= 11 is 0. The summed E-state index contributed by atoms with van der Waals surface area (Å²) < 4.78 is 24.4. The molecule has 1 unspecified atom stereocenters. The SMILES string of the molecule is CC(=O)OC(CO[Si](C)(C)C(C)(C)C)C/C(C)=C/c1cc(CO[Si](C)(C)C(C)(C)C)c(CCO)o1. The summed E-state index contributed by atoms with van der Waals surface area (Å²) in [5.74, 6) is 1.16. The van der Waals surface area contributed by atoms with Gasteiger partial charge in [0.2, 0.25) is 0 Å². The smallest absolute Gasteiger partial charge is 0.302 e. The molecule has 8 heteroatoms. The number of ether oxygens (including phenoxy) is 1. The molecule has 0 fully saturated rings. The van der Waals surface area contributed by atoms with Crippen molar-refractivity contribution in [3.05, 3.63) is 28.7 Å². The van der Waals surface area contributed by atoms with Crippen LogP contribution in [0.15, 0.2) is 16.1 Å². The zero-order valence-corrected chi connectivity index (χ0v) is 26.3. The highest BCUT2D eigenvalue weighted by molar-refractivity contribution is 6.74. The molecule has 0 aliphatic rings. The molecule has 35 heavy (non-hydrogen) atoms. The van der Waals surface area contributed by atoms with Gasteiger partial charge in [-0.2, -0.15) is 0 Å². The van der Waals surface area contributed by atoms with E-state index in [0.717, 1.165) is 16.9 Å². The van der Waals surface area contributed by atoms with E-state index in [-0.39, 0.29) is 28.8 Å². The first-order valence-electron chi connectivity index (χ1n) is 12.6. The summed E-state index contributed by atoms with van der Waals surface area (Å²) in [4.78, 5) is 11.7. The third-order valence-corrected chi connectivity index (χ3v) is 16.3. The minimum absolute atomic E-state index is 0.0159. The molecule has 0 amide bonds. The van der Waals surface area contributed by atoms with Crippen LogP contribution in [-0.4, -0.2) is 47.0 Å². The maximum absolute atomic E-state index is 11.7. The molecule has 0 saturated heterocycles. The number of hydrogen-bond acceptors (Lipinski definition) is 6. The van der Waals surface area contributed by atoms with E-state index >= 15 is 0 Å². The molecule has 1 aromatic heterocycles. The second-order valence-electron chi connectivity index (χ2n) is 12.6. The molecular formula is C27H50O6Si2. The molecule has 202 valence electrons. The van der Waals surface area contributed by atoms with Crippen molar-refractivity contribution in [2.75, 3.05) is 13.2 Å². The van der Waals surface area contributed by atoms with E-state index in [1.54, 1.807) is 0 Å². The summed E-state index contributed by atoms with van der Waals surface area (Å²) in [6.45, 7) is 26.4. The summed E-state index contributed by atoms with van der Waals surface area (Å²) in [6, 6.07) is 1.99. The Morgan fingerprint density at radius 1 is 1.03 bits per heavy atom. The van der Waals surface area contributed by atoms with Gasteiger partial charge in [0.15, 0.2) is 16.6 Å². The average Bonchev–Trinajstić information content (AvgIpc) is 3.03. The quantitative estimate of drug-likeness (QED) is 0.231. The largest absolute Gasteiger partial charge is 0.461 e. The number of furan rings is 1. The first-order chi connectivity index (χ1) is 15.8. The van der Waals surface area contributed by atoms with Crippen LogP contribution in [0.4, 0.5) is 0 Å². The summed E-state index contributed by atoms with van der Waals surface area (Å²) in [5, 5.41) is 9.71. The average molecular weight is 527 g/mol. The van der Waals surface area contributed by atoms with E-state index in [2.05, 4.69) is 67.7 Å². The fourth-order valence-corrected chi connectivity index (χ4v) is 5.00. The Bertz CT molecular complexity index is 856. The van der Waals surface area contributed by atoms with Crippen molar-refractivity contribution < 1.29 is 27.9 Å². The predicted molar refractivity (Wildman–Crippen MR) is 148 cm³/mol. The predicted octanol–water partition coefficient (Wildman–Crippen LogP) is 7.08. The Hall–Kier alpha value is -1.20. The van der Waals surface area contributed by atoms with Crippen molar-refractivity contribution in [1.82, 2.24) is 0 Å². The number of aliphatic hydroxyl groups is 1. The van der Waals surface area contributed by atoms with Crippen LogP contribution in [0.1, 0.15) is 78.9 Å². The highest BCUT2D eigenvalue weighted by atomic mass is 28.4. The maximum Gasteiger partial charge on any atom is 0.302 e. The van der Waals surface area contributed by atoms with Crippen molar-refractivity contribution in [1.29, 1.82) is 0 Å². The Balaban J connectivity index is 3.02. The van der Waals surface area contributed by atoms with Gasteiger partial charge in [0.25, 0.3) is 0 Å². The number of carbonyl (C=O) groups excluding carboxylic acids is 1. The molecule has 1 aromatic rings. The molecule has 0 radical (unpaired) electrons. The van der Waals surface area contributed by atoms with E-state index < -0.39 is 16.6 Å². The minimum atomic E-state index is -1.96. The Kier molecular flexibility index (Phi) is 11.2. The van der Waals surface area contributed by atoms with E-state index in [4.69, 9.17) is 18.0 Å². The van der Waals surface area contributed by atoms with Crippen molar-refractivity contribution in [2.24, 2.45) is 0 Å². The van der Waals surface area contributed by atoms with Gasteiger partial charge in [0.1, 0.15) is 17.6 Å². The maximum atomic E-state index is 11.7. The second-order valence-corrected chi connectivity index (χ2v) is 22.2. The summed E-state index contributed by atoms with van der Waals surface area (Å²) in [6.07, 6.45) is 2.62. The number of hydrogen-bond donors (Lipinski definition) is 1. The third-order valence-electron chi connectivity index (χ3n) is 7.36. The second kappa shape index (κ2) is 12.4. The van der Waals surface area contributed by atoms with Crippen LogP contribution in [0.25, 0.3) is 6.08 Å². The van der Waals surface area contributed by atoms with Crippen LogP contribution in [0.2, 0.25) is 36.3 Å². The lowest BCUT2D eigenvalue weighted by Crippen LogP contribution is -2.43. The molecular weight excluding hydrogens is 476 g/mol. The van der Waals surface area contributed by atoms with Gasteiger partial charge in [0.05, 0.1) is 19.8 Å². The van der Waals surface area contributed by atoms with Gasteiger partial charge in [0, 0.05) is 25.3 Å². The van der Waals surface area contributed by atoms with Gasteiger partial charge >= 0.3 is 5.97 Å². The molecule has 0 aliphatic carbocycles. The highest BCUT2D eigenvalue weighted by Crippen LogP contribution is 2.38. The van der Waals surface area contributed by atoms with E-state index in [1.807, 2.05) is 19.1 Å². The summed E-state index contributed by atoms with van der Waals surface area (Å²) in [5.41, 5.74) is 2.00. The molecule has 1 N–H and O–H groups in total. The Morgan fingerprint density at radius 2 is 1.57 bits per heavy atom. The highest BCUT2D eigenvalue weighted by Gasteiger charge is 2.38. The lowest BCUT2D eigenvalue weighted by molar-refractivity contribution is -0.147. The monoisotopic (exact) mass is 526 g/mol. The van der Waals surface area contributed by atoms with Crippen molar-refractivity contribution in [3.63, 3.8) is 0 Å². The van der Waals surface area contributed by atoms with Crippen molar-refractivity contribution >= 4 is 28.7 Å². The van der Waals surface area contributed by atoms with Crippen LogP contribution in [0, 0.1) is 0 Å². The van der Waals surface area contributed by atoms with Gasteiger partial charge in [-0.3, -0.25) is 4.79 Å². The summed E-state index contributed by atoms with van der Waals surface area (Å²) in [7, 11) is -3.87. The van der Waals surface area contributed by atoms with Gasteiger partial charge in [-0.25, -0.2) is 0 Å². The molecule has 0 saturated carbocycles. The van der Waals surface area contributed by atoms with Gasteiger partial charge < -0.3 is 23.1 Å². The number of rotatable bonds is 12.